The van der Waals surface area contributed by atoms with Crippen LogP contribution in [0.2, 0.25) is 0 Å². The Bertz CT molecular complexity index is 1100. The van der Waals surface area contributed by atoms with Gasteiger partial charge in [0.2, 0.25) is 0 Å². The first-order valence-corrected chi connectivity index (χ1v) is 8.53. The molecule has 0 N–H and O–H groups in total. The van der Waals surface area contributed by atoms with Crippen LogP contribution in [0.5, 0.6) is 0 Å². The molecule has 1 unspecified atom stereocenters. The van der Waals surface area contributed by atoms with Gasteiger partial charge in [0.1, 0.15) is 11.9 Å². The Morgan fingerprint density at radius 3 is 2.23 bits per heavy atom. The van der Waals surface area contributed by atoms with Gasteiger partial charge >= 0.3 is 0 Å². The lowest BCUT2D eigenvalue weighted by molar-refractivity contribution is 0.0656. The molecule has 2 amide bonds. The SMILES string of the molecule is O=C1c2ccccc2C(=O)N1CC1=c2ccccc2=C2C=CC=CC2O1. The molecule has 0 bridgehead atoms. The summed E-state index contributed by atoms with van der Waals surface area (Å²) < 4.78 is 6.17. The van der Waals surface area contributed by atoms with Crippen LogP contribution in [0.4, 0.5) is 0 Å². The lowest BCUT2D eigenvalue weighted by Gasteiger charge is -2.27. The Kier molecular flexibility index (Phi) is 3.19. The van der Waals surface area contributed by atoms with E-state index < -0.39 is 0 Å². The van der Waals surface area contributed by atoms with E-state index in [1.807, 2.05) is 48.6 Å². The summed E-state index contributed by atoms with van der Waals surface area (Å²) in [7, 11) is 0. The van der Waals surface area contributed by atoms with E-state index in [0.717, 1.165) is 16.0 Å². The van der Waals surface area contributed by atoms with E-state index in [2.05, 4.69) is 0 Å². The van der Waals surface area contributed by atoms with Gasteiger partial charge in [-0.15, -0.1) is 0 Å². The predicted octanol–water partition coefficient (Wildman–Crippen LogP) is 1.77. The molecule has 2 aromatic rings. The quantitative estimate of drug-likeness (QED) is 0.782. The molecule has 0 saturated carbocycles. The second-order valence-electron chi connectivity index (χ2n) is 6.45. The minimum atomic E-state index is -0.270. The van der Waals surface area contributed by atoms with Crippen LogP contribution < -0.4 is 10.4 Å². The zero-order valence-corrected chi connectivity index (χ0v) is 13.9. The largest absolute Gasteiger partial charge is 0.483 e. The van der Waals surface area contributed by atoms with Gasteiger partial charge in [0.25, 0.3) is 11.8 Å². The molecule has 5 rings (SSSR count). The first kappa shape index (κ1) is 14.9. The number of fused-ring (bicyclic) bond motifs is 3. The number of ether oxygens (including phenoxy) is 1. The third kappa shape index (κ3) is 2.09. The van der Waals surface area contributed by atoms with E-state index >= 15 is 0 Å². The molecule has 0 spiro atoms. The summed E-state index contributed by atoms with van der Waals surface area (Å²) in [6.45, 7) is 0.130. The van der Waals surface area contributed by atoms with Crippen molar-refractivity contribution in [3.8, 4) is 0 Å². The maximum absolute atomic E-state index is 12.7. The molecular formula is C22H15NO3. The van der Waals surface area contributed by atoms with Gasteiger partial charge in [0.05, 0.1) is 17.7 Å². The van der Waals surface area contributed by atoms with Crippen molar-refractivity contribution in [2.45, 2.75) is 6.10 Å². The Morgan fingerprint density at radius 2 is 1.50 bits per heavy atom. The molecule has 0 fully saturated rings. The first-order chi connectivity index (χ1) is 12.7. The molecule has 2 aliphatic heterocycles. The van der Waals surface area contributed by atoms with Crippen molar-refractivity contribution in [1.29, 1.82) is 0 Å². The second-order valence-corrected chi connectivity index (χ2v) is 6.45. The molecule has 2 aromatic carbocycles. The van der Waals surface area contributed by atoms with Crippen LogP contribution in [0.1, 0.15) is 20.7 Å². The summed E-state index contributed by atoms with van der Waals surface area (Å²) in [5.41, 5.74) is 2.00. The number of nitrogens with zero attached hydrogens (tertiary/aromatic N) is 1. The number of benzene rings is 2. The lowest BCUT2D eigenvalue weighted by atomic mass is 9.98. The molecule has 2 heterocycles. The number of carbonyl (C=O) groups is 2. The lowest BCUT2D eigenvalue weighted by Crippen LogP contribution is -2.42. The predicted molar refractivity (Wildman–Crippen MR) is 97.5 cm³/mol. The van der Waals surface area contributed by atoms with E-state index in [9.17, 15) is 9.59 Å². The zero-order chi connectivity index (χ0) is 17.7. The molecule has 4 heteroatoms. The molecule has 0 radical (unpaired) electrons. The smallest absolute Gasteiger partial charge is 0.261 e. The molecule has 1 aliphatic carbocycles. The fraction of sp³-hybridized carbons (Fsp3) is 0.0909. The van der Waals surface area contributed by atoms with Crippen molar-refractivity contribution in [3.05, 3.63) is 94.4 Å². The Morgan fingerprint density at radius 1 is 0.846 bits per heavy atom. The normalized spacial score (nSPS) is 20.0. The van der Waals surface area contributed by atoms with E-state index in [1.54, 1.807) is 24.3 Å². The van der Waals surface area contributed by atoms with Crippen LogP contribution in [0.15, 0.2) is 72.8 Å². The van der Waals surface area contributed by atoms with E-state index in [1.165, 1.54) is 4.90 Å². The average molecular weight is 341 g/mol. The van der Waals surface area contributed by atoms with E-state index in [0.29, 0.717) is 16.9 Å². The van der Waals surface area contributed by atoms with Crippen molar-refractivity contribution < 1.29 is 14.3 Å². The van der Waals surface area contributed by atoms with Gasteiger partial charge in [-0.2, -0.15) is 0 Å². The molecule has 26 heavy (non-hydrogen) atoms. The Hall–Kier alpha value is -3.40. The van der Waals surface area contributed by atoms with E-state index in [4.69, 9.17) is 4.74 Å². The van der Waals surface area contributed by atoms with Gasteiger partial charge in [-0.1, -0.05) is 54.6 Å². The van der Waals surface area contributed by atoms with Gasteiger partial charge in [-0.25, -0.2) is 0 Å². The first-order valence-electron chi connectivity index (χ1n) is 8.53. The summed E-state index contributed by atoms with van der Waals surface area (Å²) in [5.74, 6) is 0.102. The van der Waals surface area contributed by atoms with Gasteiger partial charge < -0.3 is 4.74 Å². The Balaban J connectivity index is 1.62. The highest BCUT2D eigenvalue weighted by Gasteiger charge is 2.36. The summed E-state index contributed by atoms with van der Waals surface area (Å²) in [5, 5.41) is 2.01. The molecule has 4 nitrogen and oxygen atoms in total. The van der Waals surface area contributed by atoms with Crippen LogP contribution >= 0.6 is 0 Å². The van der Waals surface area contributed by atoms with Crippen LogP contribution in [-0.4, -0.2) is 29.4 Å². The van der Waals surface area contributed by atoms with Gasteiger partial charge in [0.15, 0.2) is 0 Å². The zero-order valence-electron chi connectivity index (χ0n) is 13.9. The van der Waals surface area contributed by atoms with Crippen molar-refractivity contribution in [1.82, 2.24) is 4.90 Å². The fourth-order valence-electron chi connectivity index (χ4n) is 3.71. The van der Waals surface area contributed by atoms with Gasteiger partial charge in [-0.3, -0.25) is 14.5 Å². The summed E-state index contributed by atoms with van der Waals surface area (Å²) in [6.07, 6.45) is 7.76. The highest BCUT2D eigenvalue weighted by atomic mass is 16.5. The van der Waals surface area contributed by atoms with Crippen LogP contribution in [0.25, 0.3) is 11.3 Å². The number of carbonyl (C=O) groups excluding carboxylic acids is 2. The minimum absolute atomic E-state index is 0.130. The number of hydrogen-bond donors (Lipinski definition) is 0. The fourth-order valence-corrected chi connectivity index (χ4v) is 3.71. The summed E-state index contributed by atoms with van der Waals surface area (Å²) in [6, 6.07) is 14.9. The third-order valence-corrected chi connectivity index (χ3v) is 4.97. The van der Waals surface area contributed by atoms with Crippen molar-refractivity contribution in [2.24, 2.45) is 0 Å². The average Bonchev–Trinajstić information content (AvgIpc) is 2.93. The van der Waals surface area contributed by atoms with Crippen molar-refractivity contribution in [3.63, 3.8) is 0 Å². The van der Waals surface area contributed by atoms with Gasteiger partial charge in [-0.05, 0) is 23.4 Å². The number of rotatable bonds is 2. The maximum atomic E-state index is 12.7. The van der Waals surface area contributed by atoms with Crippen LogP contribution in [-0.2, 0) is 4.74 Å². The monoisotopic (exact) mass is 341 g/mol. The topological polar surface area (TPSA) is 46.6 Å². The molecule has 3 aliphatic rings. The minimum Gasteiger partial charge on any atom is -0.483 e. The number of allylic oxidation sites excluding steroid dienone is 2. The summed E-state index contributed by atoms with van der Waals surface area (Å²) >= 11 is 0. The standard InChI is InChI=1S/C22H15NO3/c24-21-17-10-3-4-11-18(17)22(25)23(21)13-20-16-9-2-1-7-14(16)15-8-5-6-12-19(15)26-20/h1-12,19H,13H2. The van der Waals surface area contributed by atoms with E-state index in [-0.39, 0.29) is 24.5 Å². The highest BCUT2D eigenvalue weighted by Crippen LogP contribution is 2.26. The summed E-state index contributed by atoms with van der Waals surface area (Å²) in [4.78, 5) is 26.6. The maximum Gasteiger partial charge on any atom is 0.261 e. The molecular weight excluding hydrogens is 326 g/mol. The number of hydrogen-bond acceptors (Lipinski definition) is 3. The molecule has 126 valence electrons. The molecule has 0 aromatic heterocycles. The number of imide groups is 1. The Labute approximate surface area is 150 Å². The molecule has 1 atom stereocenters. The number of amides is 2. The molecule has 0 saturated heterocycles. The van der Waals surface area contributed by atoms with Crippen molar-refractivity contribution in [2.75, 3.05) is 6.54 Å². The third-order valence-electron chi connectivity index (χ3n) is 4.97. The second kappa shape index (κ2) is 5.56. The van der Waals surface area contributed by atoms with Gasteiger partial charge in [0, 0.05) is 10.8 Å². The highest BCUT2D eigenvalue weighted by molar-refractivity contribution is 6.21. The van der Waals surface area contributed by atoms with Crippen LogP contribution in [0, 0.1) is 0 Å². The van der Waals surface area contributed by atoms with Crippen molar-refractivity contribution >= 4 is 23.1 Å². The van der Waals surface area contributed by atoms with Crippen LogP contribution in [0.3, 0.4) is 0 Å².